The molecule has 20 heavy (non-hydrogen) atoms. The Labute approximate surface area is 120 Å². The van der Waals surface area contributed by atoms with Gasteiger partial charge in [-0.05, 0) is 31.2 Å². The van der Waals surface area contributed by atoms with Crippen molar-refractivity contribution >= 4 is 5.88 Å². The minimum Gasteiger partial charge on any atom is -0.367 e. The third kappa shape index (κ3) is 2.45. The first-order valence-electron chi connectivity index (χ1n) is 7.47. The van der Waals surface area contributed by atoms with Crippen LogP contribution in [0.5, 0.6) is 0 Å². The first-order chi connectivity index (χ1) is 9.65. The molecular formula is C17H22N2O. The molecule has 1 fully saturated rings. The van der Waals surface area contributed by atoms with Crippen LogP contribution in [0.15, 0.2) is 28.8 Å². The molecule has 0 atom stereocenters. The summed E-state index contributed by atoms with van der Waals surface area (Å²) in [5.74, 6) is 1.77. The van der Waals surface area contributed by atoms with Crippen LogP contribution in [-0.2, 0) is 0 Å². The molecule has 106 valence electrons. The topological polar surface area (TPSA) is 52.0 Å². The van der Waals surface area contributed by atoms with Gasteiger partial charge in [0.2, 0.25) is 5.88 Å². The standard InChI is InChI=1S/C17H22N2O/c1-11-6-8-13(9-7-11)16-15(17(18)20-19-16)14-5-3-4-12(2)10-14/h3-5,10-11,13H,6-9,18H2,1-2H3. The van der Waals surface area contributed by atoms with Crippen molar-refractivity contribution in [3.8, 4) is 11.1 Å². The van der Waals surface area contributed by atoms with Gasteiger partial charge < -0.3 is 10.3 Å². The molecule has 0 spiro atoms. The van der Waals surface area contributed by atoms with Crippen LogP contribution in [0.2, 0.25) is 0 Å². The van der Waals surface area contributed by atoms with E-state index in [-0.39, 0.29) is 0 Å². The van der Waals surface area contributed by atoms with Gasteiger partial charge in [-0.2, -0.15) is 0 Å². The van der Waals surface area contributed by atoms with Gasteiger partial charge in [-0.25, -0.2) is 0 Å². The molecule has 0 radical (unpaired) electrons. The number of nitrogens with two attached hydrogens (primary N) is 1. The Morgan fingerprint density at radius 1 is 1.20 bits per heavy atom. The first kappa shape index (κ1) is 13.2. The fourth-order valence-electron chi connectivity index (χ4n) is 3.22. The molecule has 0 bridgehead atoms. The summed E-state index contributed by atoms with van der Waals surface area (Å²) >= 11 is 0. The second kappa shape index (κ2) is 5.31. The number of nitrogens with zero attached hydrogens (tertiary/aromatic N) is 1. The van der Waals surface area contributed by atoms with Gasteiger partial charge >= 0.3 is 0 Å². The summed E-state index contributed by atoms with van der Waals surface area (Å²) in [6, 6.07) is 8.39. The molecule has 1 aliphatic rings. The van der Waals surface area contributed by atoms with Crippen molar-refractivity contribution < 1.29 is 4.52 Å². The fourth-order valence-corrected chi connectivity index (χ4v) is 3.22. The van der Waals surface area contributed by atoms with Crippen molar-refractivity contribution in [1.82, 2.24) is 5.16 Å². The van der Waals surface area contributed by atoms with Gasteiger partial charge in [0.1, 0.15) is 0 Å². The van der Waals surface area contributed by atoms with E-state index in [4.69, 9.17) is 10.3 Å². The molecule has 0 aliphatic heterocycles. The Kier molecular flexibility index (Phi) is 3.51. The molecule has 1 saturated carbocycles. The monoisotopic (exact) mass is 270 g/mol. The van der Waals surface area contributed by atoms with Crippen LogP contribution in [0.1, 0.15) is 49.8 Å². The molecule has 3 rings (SSSR count). The lowest BCUT2D eigenvalue weighted by Gasteiger charge is -2.25. The predicted octanol–water partition coefficient (Wildman–Crippen LogP) is 4.53. The van der Waals surface area contributed by atoms with Gasteiger partial charge in [0.15, 0.2) is 0 Å². The Morgan fingerprint density at radius 2 is 1.95 bits per heavy atom. The highest BCUT2D eigenvalue weighted by atomic mass is 16.5. The predicted molar refractivity (Wildman–Crippen MR) is 81.5 cm³/mol. The van der Waals surface area contributed by atoms with Gasteiger partial charge in [-0.15, -0.1) is 0 Å². The molecule has 2 aromatic rings. The molecule has 1 heterocycles. The van der Waals surface area contributed by atoms with Gasteiger partial charge in [0.05, 0.1) is 11.3 Å². The minimum absolute atomic E-state index is 0.448. The number of rotatable bonds is 2. The van der Waals surface area contributed by atoms with E-state index >= 15 is 0 Å². The van der Waals surface area contributed by atoms with Crippen molar-refractivity contribution in [2.45, 2.75) is 45.4 Å². The lowest BCUT2D eigenvalue weighted by molar-refractivity contribution is 0.331. The zero-order valence-electron chi connectivity index (χ0n) is 12.2. The summed E-state index contributed by atoms with van der Waals surface area (Å²) in [5.41, 5.74) is 10.4. The third-order valence-electron chi connectivity index (χ3n) is 4.45. The smallest absolute Gasteiger partial charge is 0.230 e. The van der Waals surface area contributed by atoms with E-state index in [1.54, 1.807) is 0 Å². The summed E-state index contributed by atoms with van der Waals surface area (Å²) < 4.78 is 5.30. The zero-order valence-corrected chi connectivity index (χ0v) is 12.2. The van der Waals surface area contributed by atoms with E-state index in [1.165, 1.54) is 31.2 Å². The van der Waals surface area contributed by atoms with Crippen molar-refractivity contribution in [2.75, 3.05) is 5.73 Å². The van der Waals surface area contributed by atoms with Gasteiger partial charge in [0, 0.05) is 5.92 Å². The van der Waals surface area contributed by atoms with Gasteiger partial charge in [-0.1, -0.05) is 54.8 Å². The van der Waals surface area contributed by atoms with Crippen LogP contribution < -0.4 is 5.73 Å². The van der Waals surface area contributed by atoms with E-state index in [9.17, 15) is 0 Å². The summed E-state index contributed by atoms with van der Waals surface area (Å²) in [4.78, 5) is 0. The van der Waals surface area contributed by atoms with Crippen LogP contribution in [0.3, 0.4) is 0 Å². The Hall–Kier alpha value is -1.77. The largest absolute Gasteiger partial charge is 0.367 e. The first-order valence-corrected chi connectivity index (χ1v) is 7.47. The zero-order chi connectivity index (χ0) is 14.1. The molecule has 0 amide bonds. The maximum atomic E-state index is 6.03. The number of aromatic nitrogens is 1. The molecule has 0 saturated heterocycles. The SMILES string of the molecule is Cc1cccc(-c2c(C3CCC(C)CC3)noc2N)c1. The quantitative estimate of drug-likeness (QED) is 0.872. The molecular weight excluding hydrogens is 248 g/mol. The van der Waals surface area contributed by atoms with E-state index in [1.807, 2.05) is 0 Å². The van der Waals surface area contributed by atoms with Crippen molar-refractivity contribution in [2.24, 2.45) is 5.92 Å². The second-order valence-corrected chi connectivity index (χ2v) is 6.13. The lowest BCUT2D eigenvalue weighted by Crippen LogP contribution is -2.11. The minimum atomic E-state index is 0.448. The average Bonchev–Trinajstić information content (AvgIpc) is 2.81. The van der Waals surface area contributed by atoms with Crippen LogP contribution in [-0.4, -0.2) is 5.16 Å². The van der Waals surface area contributed by atoms with E-state index < -0.39 is 0 Å². The molecule has 3 heteroatoms. The van der Waals surface area contributed by atoms with Gasteiger partial charge in [0.25, 0.3) is 0 Å². The number of benzene rings is 1. The highest BCUT2D eigenvalue weighted by Gasteiger charge is 2.27. The maximum Gasteiger partial charge on any atom is 0.230 e. The van der Waals surface area contributed by atoms with Crippen LogP contribution >= 0.6 is 0 Å². The van der Waals surface area contributed by atoms with Crippen LogP contribution in [0.4, 0.5) is 5.88 Å². The molecule has 2 N–H and O–H groups in total. The number of aryl methyl sites for hydroxylation is 1. The number of anilines is 1. The molecule has 1 aliphatic carbocycles. The van der Waals surface area contributed by atoms with Crippen molar-refractivity contribution in [1.29, 1.82) is 0 Å². The Morgan fingerprint density at radius 3 is 2.65 bits per heavy atom. The van der Waals surface area contributed by atoms with E-state index in [0.717, 1.165) is 22.7 Å². The number of nitrogen functional groups attached to an aromatic ring is 1. The fraction of sp³-hybridized carbons (Fsp3) is 0.471. The number of hydrogen-bond donors (Lipinski definition) is 1. The molecule has 0 unspecified atom stereocenters. The lowest BCUT2D eigenvalue weighted by atomic mass is 9.80. The normalized spacial score (nSPS) is 22.9. The Bertz CT molecular complexity index is 595. The highest BCUT2D eigenvalue weighted by Crippen LogP contribution is 2.41. The third-order valence-corrected chi connectivity index (χ3v) is 4.45. The van der Waals surface area contributed by atoms with Crippen LogP contribution in [0, 0.1) is 12.8 Å². The average molecular weight is 270 g/mol. The van der Waals surface area contributed by atoms with Crippen molar-refractivity contribution in [3.63, 3.8) is 0 Å². The summed E-state index contributed by atoms with van der Waals surface area (Å²) in [6.45, 7) is 4.42. The molecule has 1 aromatic carbocycles. The summed E-state index contributed by atoms with van der Waals surface area (Å²) in [5, 5.41) is 4.27. The Balaban J connectivity index is 1.97. The van der Waals surface area contributed by atoms with E-state index in [2.05, 4.69) is 43.3 Å². The maximum absolute atomic E-state index is 6.03. The highest BCUT2D eigenvalue weighted by molar-refractivity contribution is 5.76. The summed E-state index contributed by atoms with van der Waals surface area (Å²) in [7, 11) is 0. The number of hydrogen-bond acceptors (Lipinski definition) is 3. The van der Waals surface area contributed by atoms with Gasteiger partial charge in [-0.3, -0.25) is 0 Å². The van der Waals surface area contributed by atoms with Crippen LogP contribution in [0.25, 0.3) is 11.1 Å². The second-order valence-electron chi connectivity index (χ2n) is 6.13. The molecule has 3 nitrogen and oxygen atoms in total. The molecule has 1 aromatic heterocycles. The van der Waals surface area contributed by atoms with E-state index in [0.29, 0.717) is 11.8 Å². The van der Waals surface area contributed by atoms with Crippen molar-refractivity contribution in [3.05, 3.63) is 35.5 Å². The summed E-state index contributed by atoms with van der Waals surface area (Å²) in [6.07, 6.45) is 4.91.